The predicted octanol–water partition coefficient (Wildman–Crippen LogP) is 5.82. The third-order valence-corrected chi connectivity index (χ3v) is 14.3. The van der Waals surface area contributed by atoms with Gasteiger partial charge in [0.1, 0.15) is 6.29 Å². The molecular formula is C40H68O10. The first-order valence-electron chi connectivity index (χ1n) is 19.9. The van der Waals surface area contributed by atoms with Crippen LogP contribution in [-0.2, 0) is 38.0 Å². The van der Waals surface area contributed by atoms with Crippen molar-refractivity contribution in [2.75, 3.05) is 13.7 Å². The van der Waals surface area contributed by atoms with E-state index in [0.29, 0.717) is 5.92 Å². The Kier molecular flexibility index (Phi) is 11.3. The molecule has 2 N–H and O–H groups in total. The van der Waals surface area contributed by atoms with E-state index in [-0.39, 0.29) is 84.3 Å². The van der Waals surface area contributed by atoms with Gasteiger partial charge in [-0.3, -0.25) is 0 Å². The highest BCUT2D eigenvalue weighted by molar-refractivity contribution is 5.53. The van der Waals surface area contributed by atoms with Crippen LogP contribution in [0.1, 0.15) is 120 Å². The molecule has 10 heteroatoms. The normalized spacial score (nSPS) is 55.0. The zero-order valence-corrected chi connectivity index (χ0v) is 32.5. The van der Waals surface area contributed by atoms with Crippen LogP contribution < -0.4 is 0 Å². The molecule has 0 saturated carbocycles. The van der Waals surface area contributed by atoms with Gasteiger partial charge in [-0.15, -0.1) is 0 Å². The van der Waals surface area contributed by atoms with Gasteiger partial charge >= 0.3 is 0 Å². The van der Waals surface area contributed by atoms with Gasteiger partial charge in [0, 0.05) is 43.6 Å². The first-order chi connectivity index (χ1) is 23.5. The molecule has 2 unspecified atom stereocenters. The van der Waals surface area contributed by atoms with Crippen molar-refractivity contribution in [1.29, 1.82) is 0 Å². The van der Waals surface area contributed by atoms with Crippen molar-refractivity contribution in [1.82, 2.24) is 0 Å². The molecule has 1 spiro atoms. The van der Waals surface area contributed by atoms with Gasteiger partial charge in [-0.1, -0.05) is 48.5 Å². The van der Waals surface area contributed by atoms with Gasteiger partial charge in [-0.25, -0.2) is 0 Å². The molecule has 6 heterocycles. The highest BCUT2D eigenvalue weighted by Crippen LogP contribution is 2.57. The van der Waals surface area contributed by atoms with Crippen LogP contribution in [0.5, 0.6) is 0 Å². The molecule has 6 rings (SSSR count). The summed E-state index contributed by atoms with van der Waals surface area (Å²) in [6.07, 6.45) is 7.84. The Labute approximate surface area is 300 Å². The lowest BCUT2D eigenvalue weighted by Gasteiger charge is -2.50. The standard InChI is InChI=1S/C40H68O10/c1-22-11-12-29(45-34(22)25(4)20-41)17-30-18-31(44-10)28(7)40(47-30)27(6)19-38(9,50-40)33-13-14-37(8,48-33)36-24(3)16-32(46-36)35-23(2)15-26(5)39(43,21-42)49-35/h20,22-36,42-43H,11-19,21H2,1-10H3/t22-,23-,24-,25-,26+,27+,28+,29+,30+,31+,32+,33?,34?,35+,36+,37-,38+,39-,40+/m0/s1. The molecule has 10 nitrogen and oxygen atoms in total. The Hall–Kier alpha value is -0.690. The van der Waals surface area contributed by atoms with E-state index in [1.807, 2.05) is 13.8 Å². The van der Waals surface area contributed by atoms with Gasteiger partial charge < -0.3 is 48.2 Å². The molecule has 19 atom stereocenters. The predicted molar refractivity (Wildman–Crippen MR) is 187 cm³/mol. The Morgan fingerprint density at radius 3 is 2.28 bits per heavy atom. The first-order valence-corrected chi connectivity index (χ1v) is 19.9. The van der Waals surface area contributed by atoms with Gasteiger partial charge in [0.25, 0.3) is 0 Å². The number of carbonyl (C=O) groups excluding carboxylic acids is 1. The minimum absolute atomic E-state index is 0.0129. The molecule has 6 fully saturated rings. The number of aliphatic hydroxyl groups is 2. The molecule has 0 aromatic heterocycles. The smallest absolute Gasteiger partial charge is 0.192 e. The number of ether oxygens (including phenoxy) is 7. The minimum atomic E-state index is -1.54. The van der Waals surface area contributed by atoms with Gasteiger partial charge in [0.05, 0.1) is 66.6 Å². The lowest BCUT2D eigenvalue weighted by atomic mass is 9.78. The fourth-order valence-electron chi connectivity index (χ4n) is 11.2. The van der Waals surface area contributed by atoms with Crippen LogP contribution in [0.15, 0.2) is 0 Å². The van der Waals surface area contributed by atoms with Crippen molar-refractivity contribution in [2.24, 2.45) is 41.4 Å². The molecule has 0 amide bonds. The first kappa shape index (κ1) is 39.0. The van der Waals surface area contributed by atoms with Gasteiger partial charge in [0.15, 0.2) is 11.6 Å². The summed E-state index contributed by atoms with van der Waals surface area (Å²) in [5, 5.41) is 20.9. The second kappa shape index (κ2) is 14.5. The molecule has 6 aliphatic rings. The van der Waals surface area contributed by atoms with E-state index in [1.165, 1.54) is 0 Å². The summed E-state index contributed by atoms with van der Waals surface area (Å²) in [4.78, 5) is 11.6. The third-order valence-electron chi connectivity index (χ3n) is 14.3. The molecular weight excluding hydrogens is 640 g/mol. The van der Waals surface area contributed by atoms with E-state index in [0.717, 1.165) is 64.1 Å². The fourth-order valence-corrected chi connectivity index (χ4v) is 11.2. The Bertz CT molecular complexity index is 1190. The summed E-state index contributed by atoms with van der Waals surface area (Å²) in [5.74, 6) is -1.68. The van der Waals surface area contributed by atoms with E-state index in [9.17, 15) is 15.0 Å². The van der Waals surface area contributed by atoms with E-state index >= 15 is 0 Å². The summed E-state index contributed by atoms with van der Waals surface area (Å²) in [5.41, 5.74) is -1.05. The van der Waals surface area contributed by atoms with Crippen molar-refractivity contribution < 1.29 is 48.2 Å². The number of methoxy groups -OCH3 is 1. The van der Waals surface area contributed by atoms with E-state index < -0.39 is 29.4 Å². The quantitative estimate of drug-likeness (QED) is 0.284. The van der Waals surface area contributed by atoms with Crippen LogP contribution in [0.3, 0.4) is 0 Å². The van der Waals surface area contributed by atoms with Crippen molar-refractivity contribution in [3.8, 4) is 0 Å². The maximum absolute atomic E-state index is 11.6. The zero-order valence-electron chi connectivity index (χ0n) is 32.5. The second-order valence-electron chi connectivity index (χ2n) is 18.3. The Morgan fingerprint density at radius 2 is 1.60 bits per heavy atom. The zero-order chi connectivity index (χ0) is 36.4. The van der Waals surface area contributed by atoms with Crippen molar-refractivity contribution in [3.63, 3.8) is 0 Å². The van der Waals surface area contributed by atoms with Crippen molar-refractivity contribution >= 4 is 6.29 Å². The lowest BCUT2D eigenvalue weighted by molar-refractivity contribution is -0.353. The summed E-state index contributed by atoms with van der Waals surface area (Å²) >= 11 is 0. The third kappa shape index (κ3) is 6.89. The molecule has 0 aromatic rings. The van der Waals surface area contributed by atoms with Crippen LogP contribution in [0.25, 0.3) is 0 Å². The van der Waals surface area contributed by atoms with E-state index in [1.54, 1.807) is 7.11 Å². The molecule has 0 aromatic carbocycles. The van der Waals surface area contributed by atoms with Crippen LogP contribution in [0.4, 0.5) is 0 Å². The summed E-state index contributed by atoms with van der Waals surface area (Å²) < 4.78 is 47.2. The number of rotatable bonds is 9. The van der Waals surface area contributed by atoms with Crippen LogP contribution in [0, 0.1) is 41.4 Å². The average Bonchev–Trinajstić information content (AvgIpc) is 3.75. The van der Waals surface area contributed by atoms with E-state index in [4.69, 9.17) is 33.2 Å². The molecule has 0 aliphatic carbocycles. The average molecular weight is 709 g/mol. The minimum Gasteiger partial charge on any atom is -0.391 e. The topological polar surface area (TPSA) is 122 Å². The highest BCUT2D eigenvalue weighted by Gasteiger charge is 2.65. The number of hydrogen-bond donors (Lipinski definition) is 2. The fraction of sp³-hybridized carbons (Fsp3) is 0.975. The maximum atomic E-state index is 11.6. The largest absolute Gasteiger partial charge is 0.391 e. The van der Waals surface area contributed by atoms with Gasteiger partial charge in [0.2, 0.25) is 0 Å². The summed E-state index contributed by atoms with van der Waals surface area (Å²) in [6.45, 7) is 18.9. The maximum Gasteiger partial charge on any atom is 0.192 e. The molecule has 0 bridgehead atoms. The Morgan fingerprint density at radius 1 is 0.860 bits per heavy atom. The van der Waals surface area contributed by atoms with Gasteiger partial charge in [-0.05, 0) is 76.5 Å². The number of carbonyl (C=O) groups is 1. The molecule has 50 heavy (non-hydrogen) atoms. The van der Waals surface area contributed by atoms with Crippen LogP contribution in [0.2, 0.25) is 0 Å². The Balaban J connectivity index is 1.13. The van der Waals surface area contributed by atoms with E-state index in [2.05, 4.69) is 48.5 Å². The van der Waals surface area contributed by atoms with Crippen LogP contribution in [-0.4, -0.2) is 102 Å². The van der Waals surface area contributed by atoms with Crippen LogP contribution >= 0.6 is 0 Å². The molecule has 6 aliphatic heterocycles. The highest BCUT2D eigenvalue weighted by atomic mass is 16.7. The number of hydrogen-bond acceptors (Lipinski definition) is 10. The second-order valence-corrected chi connectivity index (χ2v) is 18.3. The molecule has 0 radical (unpaired) electrons. The van der Waals surface area contributed by atoms with Crippen molar-refractivity contribution in [3.05, 3.63) is 0 Å². The summed E-state index contributed by atoms with van der Waals surface area (Å²) in [7, 11) is 1.79. The lowest BCUT2D eigenvalue weighted by Crippen LogP contribution is -2.58. The summed E-state index contributed by atoms with van der Waals surface area (Å²) in [6, 6.07) is 0. The number of aliphatic hydroxyl groups excluding tert-OH is 1. The van der Waals surface area contributed by atoms with Crippen molar-refractivity contribution in [2.45, 2.75) is 192 Å². The monoisotopic (exact) mass is 708 g/mol. The SMILES string of the molecule is CO[C@@H]1C[C@@H](C[C@H]2CC[C@H](C)C([C@@H](C)C=O)O2)O[C@]2(O[C@@](C)(C3CC[C@@](C)([C@@H]4O[C@@H]([C@@H]5O[C@@](O)(CO)[C@H](C)C[C@@H]5C)C[C@@H]4C)O3)C[C@H]2C)[C@@H]1C. The molecule has 6 saturated heterocycles. The number of aldehydes is 1. The molecule has 288 valence electrons. The van der Waals surface area contributed by atoms with Gasteiger partial charge in [-0.2, -0.15) is 0 Å².